The monoisotopic (exact) mass is 311 g/mol. The number of hydrogen-bond donors (Lipinski definition) is 1. The van der Waals surface area contributed by atoms with Gasteiger partial charge in [0.05, 0.1) is 6.10 Å². The van der Waals surface area contributed by atoms with Gasteiger partial charge in [-0.1, -0.05) is 22.0 Å². The molecule has 0 saturated carbocycles. The molecule has 2 unspecified atom stereocenters. The minimum atomic E-state index is 0.433. The molecule has 1 aromatic rings. The minimum Gasteiger partial charge on any atom is -0.378 e. The van der Waals surface area contributed by atoms with Crippen molar-refractivity contribution < 1.29 is 4.74 Å². The Labute approximate surface area is 118 Å². The van der Waals surface area contributed by atoms with Gasteiger partial charge in [0, 0.05) is 17.1 Å². The van der Waals surface area contributed by atoms with E-state index in [0.29, 0.717) is 12.1 Å². The summed E-state index contributed by atoms with van der Waals surface area (Å²) < 4.78 is 6.85. The highest BCUT2D eigenvalue weighted by atomic mass is 79.9. The van der Waals surface area contributed by atoms with Crippen LogP contribution in [-0.2, 0) is 4.74 Å². The number of halogens is 1. The number of ether oxygens (including phenoxy) is 1. The molecular weight excluding hydrogens is 290 g/mol. The lowest BCUT2D eigenvalue weighted by molar-refractivity contribution is 0.0998. The highest BCUT2D eigenvalue weighted by Crippen LogP contribution is 2.27. The molecule has 1 saturated heterocycles. The third-order valence-electron chi connectivity index (χ3n) is 3.76. The van der Waals surface area contributed by atoms with E-state index in [0.717, 1.165) is 23.9 Å². The van der Waals surface area contributed by atoms with Gasteiger partial charge in [-0.3, -0.25) is 0 Å². The number of benzene rings is 1. The van der Waals surface area contributed by atoms with E-state index in [-0.39, 0.29) is 0 Å². The highest BCUT2D eigenvalue weighted by Gasteiger charge is 2.18. The zero-order chi connectivity index (χ0) is 13.0. The Balaban J connectivity index is 1.98. The zero-order valence-corrected chi connectivity index (χ0v) is 12.8. The summed E-state index contributed by atoms with van der Waals surface area (Å²) in [6, 6.07) is 6.96. The van der Waals surface area contributed by atoms with E-state index in [2.05, 4.69) is 46.4 Å². The maximum absolute atomic E-state index is 5.70. The van der Waals surface area contributed by atoms with E-state index in [1.165, 1.54) is 24.0 Å². The molecule has 0 amide bonds. The van der Waals surface area contributed by atoms with Crippen LogP contribution in [0.1, 0.15) is 42.9 Å². The summed E-state index contributed by atoms with van der Waals surface area (Å²) in [4.78, 5) is 0. The van der Waals surface area contributed by atoms with Gasteiger partial charge in [0.1, 0.15) is 0 Å². The molecule has 2 atom stereocenters. The molecule has 2 nitrogen and oxygen atoms in total. The van der Waals surface area contributed by atoms with Crippen molar-refractivity contribution in [2.75, 3.05) is 13.7 Å². The van der Waals surface area contributed by atoms with Gasteiger partial charge in [-0.05, 0) is 62.9 Å². The topological polar surface area (TPSA) is 21.3 Å². The standard InChI is InChI=1S/C15H22BrNO/c1-11-10-12(16)5-7-14(11)15(17-2)8-6-13-4-3-9-18-13/h5,7,10,13,15,17H,3-4,6,8-9H2,1-2H3. The van der Waals surface area contributed by atoms with E-state index in [9.17, 15) is 0 Å². The average molecular weight is 312 g/mol. The van der Waals surface area contributed by atoms with E-state index in [1.807, 2.05) is 7.05 Å². The molecule has 0 spiro atoms. The molecule has 1 aliphatic heterocycles. The Bertz CT molecular complexity index is 388. The molecule has 1 fully saturated rings. The lowest BCUT2D eigenvalue weighted by Gasteiger charge is -2.20. The van der Waals surface area contributed by atoms with Crippen LogP contribution < -0.4 is 5.32 Å². The van der Waals surface area contributed by atoms with Gasteiger partial charge in [-0.25, -0.2) is 0 Å². The van der Waals surface area contributed by atoms with Crippen molar-refractivity contribution in [3.05, 3.63) is 33.8 Å². The van der Waals surface area contributed by atoms with Crippen LogP contribution in [0.5, 0.6) is 0 Å². The van der Waals surface area contributed by atoms with Crippen molar-refractivity contribution >= 4 is 15.9 Å². The molecule has 1 aromatic carbocycles. The first-order chi connectivity index (χ1) is 8.70. The van der Waals surface area contributed by atoms with Gasteiger partial charge < -0.3 is 10.1 Å². The summed E-state index contributed by atoms with van der Waals surface area (Å²) >= 11 is 3.52. The van der Waals surface area contributed by atoms with Crippen molar-refractivity contribution in [2.45, 2.75) is 44.8 Å². The molecule has 0 aliphatic carbocycles. The van der Waals surface area contributed by atoms with E-state index < -0.39 is 0 Å². The van der Waals surface area contributed by atoms with Crippen LogP contribution in [-0.4, -0.2) is 19.8 Å². The van der Waals surface area contributed by atoms with Gasteiger partial charge in [0.2, 0.25) is 0 Å². The number of aryl methyl sites for hydroxylation is 1. The summed E-state index contributed by atoms with van der Waals surface area (Å²) in [7, 11) is 2.04. The Morgan fingerprint density at radius 3 is 2.94 bits per heavy atom. The number of nitrogens with one attached hydrogen (secondary N) is 1. The number of hydrogen-bond acceptors (Lipinski definition) is 2. The molecule has 0 radical (unpaired) electrons. The fraction of sp³-hybridized carbons (Fsp3) is 0.600. The first-order valence-corrected chi connectivity index (χ1v) is 7.55. The second-order valence-corrected chi connectivity index (χ2v) is 5.97. The Kier molecular flexibility index (Phi) is 5.22. The largest absolute Gasteiger partial charge is 0.378 e. The molecule has 3 heteroatoms. The lowest BCUT2D eigenvalue weighted by Crippen LogP contribution is -2.19. The first-order valence-electron chi connectivity index (χ1n) is 6.75. The normalized spacial score (nSPS) is 21.2. The minimum absolute atomic E-state index is 0.433. The average Bonchev–Trinajstić information content (AvgIpc) is 2.85. The van der Waals surface area contributed by atoms with Gasteiger partial charge >= 0.3 is 0 Å². The predicted octanol–water partition coefficient (Wildman–Crippen LogP) is 3.98. The van der Waals surface area contributed by atoms with E-state index in [4.69, 9.17) is 4.74 Å². The smallest absolute Gasteiger partial charge is 0.0576 e. The number of rotatable bonds is 5. The van der Waals surface area contributed by atoms with Crippen molar-refractivity contribution in [3.63, 3.8) is 0 Å². The maximum atomic E-state index is 5.70. The molecule has 2 rings (SSSR count). The van der Waals surface area contributed by atoms with Crippen LogP contribution in [0.3, 0.4) is 0 Å². The molecular formula is C15H22BrNO. The molecule has 1 N–H and O–H groups in total. The molecule has 18 heavy (non-hydrogen) atoms. The quantitative estimate of drug-likeness (QED) is 0.888. The van der Waals surface area contributed by atoms with Gasteiger partial charge in [-0.15, -0.1) is 0 Å². The summed E-state index contributed by atoms with van der Waals surface area (Å²) in [5, 5.41) is 3.43. The highest BCUT2D eigenvalue weighted by molar-refractivity contribution is 9.10. The maximum Gasteiger partial charge on any atom is 0.0576 e. The van der Waals surface area contributed by atoms with Crippen molar-refractivity contribution in [1.82, 2.24) is 5.32 Å². The fourth-order valence-electron chi connectivity index (χ4n) is 2.71. The van der Waals surface area contributed by atoms with E-state index >= 15 is 0 Å². The Hall–Kier alpha value is -0.380. The predicted molar refractivity (Wildman–Crippen MR) is 78.9 cm³/mol. The fourth-order valence-corrected chi connectivity index (χ4v) is 3.19. The molecule has 0 aromatic heterocycles. The third-order valence-corrected chi connectivity index (χ3v) is 4.25. The van der Waals surface area contributed by atoms with Gasteiger partial charge in [-0.2, -0.15) is 0 Å². The Morgan fingerprint density at radius 2 is 2.33 bits per heavy atom. The van der Waals surface area contributed by atoms with Crippen LogP contribution >= 0.6 is 15.9 Å². The van der Waals surface area contributed by atoms with Crippen LogP contribution in [0.15, 0.2) is 22.7 Å². The molecule has 100 valence electrons. The van der Waals surface area contributed by atoms with Crippen molar-refractivity contribution in [1.29, 1.82) is 0 Å². The van der Waals surface area contributed by atoms with Crippen molar-refractivity contribution in [2.24, 2.45) is 0 Å². The molecule has 0 bridgehead atoms. The van der Waals surface area contributed by atoms with Gasteiger partial charge in [0.15, 0.2) is 0 Å². The third kappa shape index (κ3) is 3.56. The first kappa shape index (κ1) is 14.0. The molecule has 1 aliphatic rings. The Morgan fingerprint density at radius 1 is 1.50 bits per heavy atom. The SMILES string of the molecule is CNC(CCC1CCCO1)c1ccc(Br)cc1C. The van der Waals surface area contributed by atoms with Crippen LogP contribution in [0.25, 0.3) is 0 Å². The van der Waals surface area contributed by atoms with Crippen LogP contribution in [0.2, 0.25) is 0 Å². The second kappa shape index (κ2) is 6.69. The zero-order valence-electron chi connectivity index (χ0n) is 11.2. The molecule has 1 heterocycles. The summed E-state index contributed by atoms with van der Waals surface area (Å²) in [5.41, 5.74) is 2.75. The van der Waals surface area contributed by atoms with Crippen LogP contribution in [0, 0.1) is 6.92 Å². The summed E-state index contributed by atoms with van der Waals surface area (Å²) in [6.45, 7) is 3.13. The second-order valence-electron chi connectivity index (χ2n) is 5.05. The van der Waals surface area contributed by atoms with E-state index in [1.54, 1.807) is 0 Å². The lowest BCUT2D eigenvalue weighted by atomic mass is 9.96. The van der Waals surface area contributed by atoms with Crippen LogP contribution in [0.4, 0.5) is 0 Å². The van der Waals surface area contributed by atoms with Gasteiger partial charge in [0.25, 0.3) is 0 Å². The summed E-state index contributed by atoms with van der Waals surface area (Å²) in [5.74, 6) is 0. The summed E-state index contributed by atoms with van der Waals surface area (Å²) in [6.07, 6.45) is 5.24. The van der Waals surface area contributed by atoms with Crippen molar-refractivity contribution in [3.8, 4) is 0 Å².